The van der Waals surface area contributed by atoms with Crippen molar-refractivity contribution >= 4 is 18.4 Å². The van der Waals surface area contributed by atoms with Gasteiger partial charge < -0.3 is 4.74 Å². The molecule has 0 spiro atoms. The third kappa shape index (κ3) is 1.33. The molecule has 0 radical (unpaired) electrons. The second kappa shape index (κ2) is 3.01. The Balaban J connectivity index is 2.54. The zero-order valence-electron chi connectivity index (χ0n) is 7.23. The Morgan fingerprint density at radius 1 is 1.54 bits per heavy atom. The minimum Gasteiger partial charge on any atom is -0.468 e. The average Bonchev–Trinajstić information content (AvgIpc) is 2.17. The predicted octanol–water partition coefficient (Wildman–Crippen LogP) is 1.93. The van der Waals surface area contributed by atoms with Crippen LogP contribution in [0.1, 0.15) is 17.2 Å². The Labute approximate surface area is 76.1 Å². The van der Waals surface area contributed by atoms with Gasteiger partial charge in [0.15, 0.2) is 18.8 Å². The first-order valence-corrected chi connectivity index (χ1v) is 4.05. The summed E-state index contributed by atoms with van der Waals surface area (Å²) in [4.78, 5) is 14.7. The third-order valence-electron chi connectivity index (χ3n) is 2.01. The second-order valence-electron chi connectivity index (χ2n) is 2.99. The Kier molecular flexibility index (Phi) is 1.85. The number of benzene rings is 1. The summed E-state index contributed by atoms with van der Waals surface area (Å²) >= 11 is 0. The first-order valence-electron chi connectivity index (χ1n) is 4.05. The third-order valence-corrected chi connectivity index (χ3v) is 2.01. The van der Waals surface area contributed by atoms with Gasteiger partial charge in [-0.3, -0.25) is 4.79 Å². The van der Waals surface area contributed by atoms with Crippen LogP contribution < -0.4 is 0 Å². The van der Waals surface area contributed by atoms with Crippen LogP contribution in [-0.2, 0) is 9.53 Å². The van der Waals surface area contributed by atoms with Crippen molar-refractivity contribution in [1.82, 2.24) is 0 Å². The first kappa shape index (κ1) is 7.98. The van der Waals surface area contributed by atoms with E-state index in [2.05, 4.69) is 4.99 Å². The molecule has 0 fully saturated rings. The Bertz CT molecular complexity index is 371. The molecule has 1 aliphatic heterocycles. The van der Waals surface area contributed by atoms with Gasteiger partial charge in [0.25, 0.3) is 0 Å². The minimum atomic E-state index is -0.493. The molecule has 3 nitrogen and oxygen atoms in total. The highest BCUT2D eigenvalue weighted by molar-refractivity contribution is 5.73. The van der Waals surface area contributed by atoms with Gasteiger partial charge >= 0.3 is 0 Å². The molecule has 0 amide bonds. The van der Waals surface area contributed by atoms with Gasteiger partial charge in [-0.1, -0.05) is 11.6 Å². The number of aliphatic imine (C=N–C) groups is 1. The molecule has 0 aromatic heterocycles. The van der Waals surface area contributed by atoms with Crippen LogP contribution in [0.3, 0.4) is 0 Å². The maximum Gasteiger partial charge on any atom is 0.182 e. The number of carbonyl (C=O) groups excluding carboxylic acids is 1. The molecular formula is C10H9NO2. The number of aryl methyl sites for hydroxylation is 1. The molecule has 0 saturated carbocycles. The standard InChI is InChI=1S/C10H9NO2/c1-7-2-3-9-8(4-7)10(5-12)13-6-11-9/h2-6,10H,1H3. The van der Waals surface area contributed by atoms with Crippen molar-refractivity contribution in [2.45, 2.75) is 13.0 Å². The number of fused-ring (bicyclic) bond motifs is 1. The van der Waals surface area contributed by atoms with Gasteiger partial charge in [0.1, 0.15) is 0 Å². The van der Waals surface area contributed by atoms with Crippen LogP contribution in [0.25, 0.3) is 0 Å². The number of aldehydes is 1. The van der Waals surface area contributed by atoms with E-state index in [1.807, 2.05) is 25.1 Å². The predicted molar refractivity (Wildman–Crippen MR) is 49.2 cm³/mol. The number of rotatable bonds is 1. The molecule has 0 bridgehead atoms. The topological polar surface area (TPSA) is 38.7 Å². The quantitative estimate of drug-likeness (QED) is 0.611. The first-order chi connectivity index (χ1) is 6.31. The molecular weight excluding hydrogens is 166 g/mol. The smallest absolute Gasteiger partial charge is 0.182 e. The molecule has 3 heteroatoms. The van der Waals surface area contributed by atoms with Crippen molar-refractivity contribution in [2.75, 3.05) is 0 Å². The molecule has 13 heavy (non-hydrogen) atoms. The number of carbonyl (C=O) groups is 1. The van der Waals surface area contributed by atoms with Crippen molar-refractivity contribution in [3.05, 3.63) is 29.3 Å². The van der Waals surface area contributed by atoms with Crippen LogP contribution in [0, 0.1) is 6.92 Å². The van der Waals surface area contributed by atoms with E-state index in [-0.39, 0.29) is 0 Å². The lowest BCUT2D eigenvalue weighted by Gasteiger charge is -2.16. The second-order valence-corrected chi connectivity index (χ2v) is 2.99. The Morgan fingerprint density at radius 3 is 3.15 bits per heavy atom. The maximum atomic E-state index is 10.6. The molecule has 1 aromatic rings. The molecule has 0 N–H and O–H groups in total. The van der Waals surface area contributed by atoms with Gasteiger partial charge in [0, 0.05) is 5.56 Å². The van der Waals surface area contributed by atoms with E-state index in [0.29, 0.717) is 0 Å². The number of hydrogen-bond acceptors (Lipinski definition) is 3. The summed E-state index contributed by atoms with van der Waals surface area (Å²) in [6, 6.07) is 5.77. The fourth-order valence-corrected chi connectivity index (χ4v) is 1.35. The van der Waals surface area contributed by atoms with Gasteiger partial charge in [-0.2, -0.15) is 0 Å². The normalized spacial score (nSPS) is 19.0. The fourth-order valence-electron chi connectivity index (χ4n) is 1.35. The zero-order chi connectivity index (χ0) is 9.26. The van der Waals surface area contributed by atoms with E-state index >= 15 is 0 Å². The largest absolute Gasteiger partial charge is 0.468 e. The molecule has 1 atom stereocenters. The minimum absolute atomic E-state index is 0.493. The van der Waals surface area contributed by atoms with Crippen molar-refractivity contribution in [2.24, 2.45) is 4.99 Å². The lowest BCUT2D eigenvalue weighted by Crippen LogP contribution is -2.08. The Hall–Kier alpha value is -1.64. The van der Waals surface area contributed by atoms with Gasteiger partial charge in [-0.05, 0) is 19.1 Å². The van der Waals surface area contributed by atoms with Crippen LogP contribution in [0.15, 0.2) is 23.2 Å². The molecule has 2 rings (SSSR count). The van der Waals surface area contributed by atoms with Crippen LogP contribution >= 0.6 is 0 Å². The monoisotopic (exact) mass is 175 g/mol. The summed E-state index contributed by atoms with van der Waals surface area (Å²) in [5.74, 6) is 0. The van der Waals surface area contributed by atoms with Gasteiger partial charge in [0.2, 0.25) is 0 Å². The summed E-state index contributed by atoms with van der Waals surface area (Å²) < 4.78 is 5.05. The van der Waals surface area contributed by atoms with Crippen molar-refractivity contribution in [1.29, 1.82) is 0 Å². The zero-order valence-corrected chi connectivity index (χ0v) is 7.23. The van der Waals surface area contributed by atoms with Crippen LogP contribution in [0.4, 0.5) is 5.69 Å². The summed E-state index contributed by atoms with van der Waals surface area (Å²) in [5, 5.41) is 0. The van der Waals surface area contributed by atoms with Crippen LogP contribution in [0.5, 0.6) is 0 Å². The molecule has 1 heterocycles. The lowest BCUT2D eigenvalue weighted by atomic mass is 10.0. The van der Waals surface area contributed by atoms with E-state index in [0.717, 1.165) is 23.1 Å². The number of ether oxygens (including phenoxy) is 1. The lowest BCUT2D eigenvalue weighted by molar-refractivity contribution is -0.114. The SMILES string of the molecule is Cc1ccc2c(c1)C(C=O)OC=N2. The summed E-state index contributed by atoms with van der Waals surface area (Å²) in [6.45, 7) is 1.97. The van der Waals surface area contributed by atoms with Crippen molar-refractivity contribution in [3.63, 3.8) is 0 Å². The number of nitrogens with zero attached hydrogens (tertiary/aromatic N) is 1. The van der Waals surface area contributed by atoms with Crippen molar-refractivity contribution in [3.8, 4) is 0 Å². The molecule has 0 aliphatic carbocycles. The molecule has 0 saturated heterocycles. The Morgan fingerprint density at radius 2 is 2.38 bits per heavy atom. The molecule has 1 unspecified atom stereocenters. The summed E-state index contributed by atoms with van der Waals surface area (Å²) in [6.07, 6.45) is 1.60. The number of hydrogen-bond donors (Lipinski definition) is 0. The summed E-state index contributed by atoms with van der Waals surface area (Å²) in [7, 11) is 0. The average molecular weight is 175 g/mol. The highest BCUT2D eigenvalue weighted by Crippen LogP contribution is 2.30. The highest BCUT2D eigenvalue weighted by Gasteiger charge is 2.17. The van der Waals surface area contributed by atoms with Gasteiger partial charge in [-0.25, -0.2) is 4.99 Å². The van der Waals surface area contributed by atoms with E-state index in [1.54, 1.807) is 0 Å². The van der Waals surface area contributed by atoms with Crippen LogP contribution in [0.2, 0.25) is 0 Å². The van der Waals surface area contributed by atoms with Gasteiger partial charge in [-0.15, -0.1) is 0 Å². The van der Waals surface area contributed by atoms with Gasteiger partial charge in [0.05, 0.1) is 5.69 Å². The molecule has 1 aromatic carbocycles. The molecule has 1 aliphatic rings. The fraction of sp³-hybridized carbons (Fsp3) is 0.200. The van der Waals surface area contributed by atoms with Crippen LogP contribution in [-0.4, -0.2) is 12.7 Å². The highest BCUT2D eigenvalue weighted by atomic mass is 16.5. The molecule has 66 valence electrons. The van der Waals surface area contributed by atoms with E-state index in [4.69, 9.17) is 4.74 Å². The van der Waals surface area contributed by atoms with E-state index in [9.17, 15) is 4.79 Å². The summed E-state index contributed by atoms with van der Waals surface area (Å²) in [5.41, 5.74) is 2.76. The van der Waals surface area contributed by atoms with Crippen molar-refractivity contribution < 1.29 is 9.53 Å². The van der Waals surface area contributed by atoms with E-state index in [1.165, 1.54) is 6.40 Å². The maximum absolute atomic E-state index is 10.6. The van der Waals surface area contributed by atoms with E-state index < -0.39 is 6.10 Å².